The fourth-order valence-electron chi connectivity index (χ4n) is 4.15. The van der Waals surface area contributed by atoms with Crippen LogP contribution in [-0.4, -0.2) is 41.4 Å². The summed E-state index contributed by atoms with van der Waals surface area (Å²) in [7, 11) is -3.97. The minimum atomic E-state index is -3.97. The molecule has 2 aliphatic rings. The smallest absolute Gasteiger partial charge is 0.541 e. The number of hydrogen-bond donors (Lipinski definition) is 0. The van der Waals surface area contributed by atoms with E-state index in [1.807, 2.05) is 0 Å². The van der Waals surface area contributed by atoms with Gasteiger partial charge in [0.25, 0.3) is 0 Å². The van der Waals surface area contributed by atoms with E-state index in [1.54, 1.807) is 24.0 Å². The molecule has 2 aromatic heterocycles. The molecular formula is C22H20F3N4NaO3S. The molecule has 0 unspecified atom stereocenters. The summed E-state index contributed by atoms with van der Waals surface area (Å²) < 4.78 is 71.2. The predicted octanol–water partition coefficient (Wildman–Crippen LogP) is 1.30. The summed E-state index contributed by atoms with van der Waals surface area (Å²) in [5, 5.41) is 4.07. The van der Waals surface area contributed by atoms with E-state index in [0.29, 0.717) is 18.5 Å². The van der Waals surface area contributed by atoms with Gasteiger partial charge in [0.15, 0.2) is 0 Å². The molecule has 3 aromatic rings. The zero-order valence-electron chi connectivity index (χ0n) is 18.6. The van der Waals surface area contributed by atoms with Crippen LogP contribution < -0.4 is 34.5 Å². The molecule has 1 saturated carbocycles. The van der Waals surface area contributed by atoms with E-state index < -0.39 is 44.5 Å². The van der Waals surface area contributed by atoms with Crippen molar-refractivity contribution in [2.45, 2.75) is 43.1 Å². The molecule has 1 aliphatic heterocycles. The number of aromatic nitrogens is 2. The standard InChI is InChI=1S/C22H21F3N4O3S.Na/c1-22(5-6-22)33(31,32)27-21(30)17-11-26-29-7-4-15(10-20(17)29)28-12-14(24)9-19(28)16-8-13(23)2-3-18(16)25;/h2-4,7-8,10-11,14,19H,5-6,9,12H2,1H3,(H,27,30);/q;+1/p-1/t14-,19+;/m0./s1. The molecule has 174 valence electrons. The van der Waals surface area contributed by atoms with E-state index >= 15 is 0 Å². The average molecular weight is 500 g/mol. The number of fused-ring (bicyclic) bond motifs is 1. The summed E-state index contributed by atoms with van der Waals surface area (Å²) in [5.41, 5.74) is 0.758. The summed E-state index contributed by atoms with van der Waals surface area (Å²) in [6, 6.07) is 5.48. The number of carbonyl (C=O) groups excluding carboxylic acids is 1. The van der Waals surface area contributed by atoms with Gasteiger partial charge in [0.2, 0.25) is 0 Å². The van der Waals surface area contributed by atoms with Crippen LogP contribution in [0.5, 0.6) is 0 Å². The number of sulfonamides is 1. The van der Waals surface area contributed by atoms with Crippen molar-refractivity contribution in [3.63, 3.8) is 0 Å². The zero-order chi connectivity index (χ0) is 23.5. The second-order valence-electron chi connectivity index (χ2n) is 8.76. The fraction of sp³-hybridized carbons (Fsp3) is 0.364. The van der Waals surface area contributed by atoms with Crippen molar-refractivity contribution in [2.24, 2.45) is 0 Å². The number of benzene rings is 1. The largest absolute Gasteiger partial charge is 1.00 e. The minimum absolute atomic E-state index is 0. The number of halogens is 3. The van der Waals surface area contributed by atoms with E-state index in [4.69, 9.17) is 0 Å². The topological polar surface area (TPSA) is 85.8 Å². The van der Waals surface area contributed by atoms with Crippen LogP contribution in [0.2, 0.25) is 0 Å². The van der Waals surface area contributed by atoms with Crippen molar-refractivity contribution in [1.82, 2.24) is 9.61 Å². The Bertz CT molecular complexity index is 1380. The molecule has 1 amide bonds. The number of nitrogens with zero attached hydrogens (tertiary/aromatic N) is 4. The van der Waals surface area contributed by atoms with E-state index in [9.17, 15) is 26.4 Å². The minimum Gasteiger partial charge on any atom is -0.541 e. The number of pyridine rings is 1. The molecule has 7 nitrogen and oxygen atoms in total. The summed E-state index contributed by atoms with van der Waals surface area (Å²) in [6.07, 6.45) is 2.36. The summed E-state index contributed by atoms with van der Waals surface area (Å²) in [6.45, 7) is 1.49. The van der Waals surface area contributed by atoms with Crippen molar-refractivity contribution in [3.8, 4) is 0 Å². The Balaban J connectivity index is 0.00000274. The number of alkyl halides is 1. The first-order chi connectivity index (χ1) is 15.6. The predicted molar refractivity (Wildman–Crippen MR) is 115 cm³/mol. The molecule has 2 atom stereocenters. The Labute approximate surface area is 216 Å². The molecular weight excluding hydrogens is 480 g/mol. The number of anilines is 1. The second kappa shape index (κ2) is 8.85. The van der Waals surface area contributed by atoms with Gasteiger partial charge in [-0.3, -0.25) is 0 Å². The molecule has 0 spiro atoms. The van der Waals surface area contributed by atoms with Crippen LogP contribution in [0.3, 0.4) is 0 Å². The van der Waals surface area contributed by atoms with Gasteiger partial charge in [-0.2, -0.15) is 5.10 Å². The van der Waals surface area contributed by atoms with Crippen molar-refractivity contribution in [3.05, 3.63) is 70.2 Å². The number of hydrogen-bond acceptors (Lipinski definition) is 5. The Morgan fingerprint density at radius 2 is 1.94 bits per heavy atom. The maximum atomic E-state index is 14.4. The maximum Gasteiger partial charge on any atom is 1.00 e. The van der Waals surface area contributed by atoms with Crippen molar-refractivity contribution in [1.29, 1.82) is 0 Å². The van der Waals surface area contributed by atoms with E-state index in [1.165, 1.54) is 16.9 Å². The first-order valence-corrected chi connectivity index (χ1v) is 11.9. The molecule has 1 aromatic carbocycles. The molecule has 0 N–H and O–H groups in total. The third-order valence-corrected chi connectivity index (χ3v) is 8.47. The second-order valence-corrected chi connectivity index (χ2v) is 10.9. The Morgan fingerprint density at radius 3 is 2.65 bits per heavy atom. The summed E-state index contributed by atoms with van der Waals surface area (Å²) in [4.78, 5) is 14.3. The van der Waals surface area contributed by atoms with E-state index in [-0.39, 0.29) is 59.2 Å². The van der Waals surface area contributed by atoms with Crippen molar-refractivity contribution in [2.75, 3.05) is 11.4 Å². The fourth-order valence-corrected chi connectivity index (χ4v) is 5.31. The number of carbonyl (C=O) groups is 1. The van der Waals surface area contributed by atoms with Gasteiger partial charge in [0.05, 0.1) is 28.4 Å². The van der Waals surface area contributed by atoms with Gasteiger partial charge in [-0.15, -0.1) is 0 Å². The molecule has 12 heteroatoms. The molecule has 0 bridgehead atoms. The van der Waals surface area contributed by atoms with Gasteiger partial charge in [-0.25, -0.2) is 26.1 Å². The number of amides is 1. The van der Waals surface area contributed by atoms with Crippen LogP contribution in [0.1, 0.15) is 48.1 Å². The van der Waals surface area contributed by atoms with Gasteiger partial charge >= 0.3 is 29.6 Å². The maximum absolute atomic E-state index is 14.4. The SMILES string of the molecule is CC1(S(=O)(=O)[N-]C(=O)c2cnn3ccc(N4C[C@@H](F)C[C@@H]4c4cc(F)ccc4F)cc23)CC1.[Na+]. The Kier molecular flexibility index (Phi) is 6.52. The average Bonchev–Trinajstić information content (AvgIpc) is 3.21. The van der Waals surface area contributed by atoms with Crippen LogP contribution in [0.15, 0.2) is 42.7 Å². The number of rotatable bonds is 5. The van der Waals surface area contributed by atoms with E-state index in [0.717, 1.165) is 18.2 Å². The monoisotopic (exact) mass is 500 g/mol. The molecule has 34 heavy (non-hydrogen) atoms. The molecule has 0 radical (unpaired) electrons. The molecule has 1 saturated heterocycles. The van der Waals surface area contributed by atoms with Crippen LogP contribution in [0.25, 0.3) is 10.2 Å². The first-order valence-electron chi connectivity index (χ1n) is 10.4. The van der Waals surface area contributed by atoms with Gasteiger partial charge in [0.1, 0.15) is 27.8 Å². The zero-order valence-corrected chi connectivity index (χ0v) is 21.4. The van der Waals surface area contributed by atoms with Crippen LogP contribution in [0.4, 0.5) is 18.9 Å². The first kappa shape index (κ1) is 25.0. The summed E-state index contributed by atoms with van der Waals surface area (Å²) in [5.74, 6) is -2.20. The molecule has 3 heterocycles. The third-order valence-electron chi connectivity index (χ3n) is 6.41. The van der Waals surface area contributed by atoms with Crippen molar-refractivity contribution < 1.29 is 55.9 Å². The third kappa shape index (κ3) is 4.34. The quantitative estimate of drug-likeness (QED) is 0.493. The normalized spacial score (nSPS) is 21.4. The molecule has 1 aliphatic carbocycles. The van der Waals surface area contributed by atoms with Crippen LogP contribution in [0, 0.1) is 11.6 Å². The van der Waals surface area contributed by atoms with Gasteiger partial charge in [0, 0.05) is 36.0 Å². The van der Waals surface area contributed by atoms with E-state index in [2.05, 4.69) is 9.82 Å². The van der Waals surface area contributed by atoms with Gasteiger partial charge < -0.3 is 14.4 Å². The van der Waals surface area contributed by atoms with Gasteiger partial charge in [-0.1, -0.05) is 0 Å². The van der Waals surface area contributed by atoms with Crippen molar-refractivity contribution >= 4 is 27.1 Å². The molecule has 5 rings (SSSR count). The van der Waals surface area contributed by atoms with Crippen LogP contribution >= 0.6 is 0 Å². The van der Waals surface area contributed by atoms with Gasteiger partial charge in [-0.05, 0) is 50.1 Å². The Morgan fingerprint density at radius 1 is 1.21 bits per heavy atom. The van der Waals surface area contributed by atoms with Crippen LogP contribution in [-0.2, 0) is 10.0 Å². The Hall–Kier alpha value is -2.08. The summed E-state index contributed by atoms with van der Waals surface area (Å²) >= 11 is 0. The molecule has 2 fully saturated rings.